The van der Waals surface area contributed by atoms with Gasteiger partial charge in [-0.3, -0.25) is 15.1 Å². The summed E-state index contributed by atoms with van der Waals surface area (Å²) in [5.41, 5.74) is 6.43. The molecule has 1 fully saturated rings. The topological polar surface area (TPSA) is 131 Å². The average Bonchev–Trinajstić information content (AvgIpc) is 3.25. The van der Waals surface area contributed by atoms with Gasteiger partial charge in [0.1, 0.15) is 22.2 Å². The predicted molar refractivity (Wildman–Crippen MR) is 117 cm³/mol. The standard InChI is InChI=1S/C18H21ClN6O2S2/c1-18(8-29(26)25(2)17(22)24-18)14-10(19)7-13(28-14)11-5-6-12(23-11)16(21)27-15(20)9-3-4-9/h5-7,9,20-21,23H,3-4,8H2,1-2H3,(H2,22,24). The van der Waals surface area contributed by atoms with Gasteiger partial charge in [0.05, 0.1) is 26.2 Å². The molecule has 2 unspecified atom stereocenters. The Kier molecular flexibility index (Phi) is 5.04. The van der Waals surface area contributed by atoms with E-state index in [9.17, 15) is 4.21 Å². The van der Waals surface area contributed by atoms with Crippen LogP contribution in [0.4, 0.5) is 0 Å². The lowest BCUT2D eigenvalue weighted by Gasteiger charge is -2.33. The number of hydrogen-bond donors (Lipinski definition) is 4. The molecule has 11 heteroatoms. The molecule has 4 rings (SSSR count). The Labute approximate surface area is 179 Å². The molecule has 0 radical (unpaired) electrons. The maximum atomic E-state index is 12.4. The van der Waals surface area contributed by atoms with Crippen molar-refractivity contribution in [1.29, 1.82) is 10.8 Å². The summed E-state index contributed by atoms with van der Waals surface area (Å²) in [6.07, 6.45) is 1.90. The molecule has 29 heavy (non-hydrogen) atoms. The highest BCUT2D eigenvalue weighted by molar-refractivity contribution is 7.83. The van der Waals surface area contributed by atoms with E-state index < -0.39 is 16.5 Å². The lowest BCUT2D eigenvalue weighted by Crippen LogP contribution is -2.47. The molecule has 5 N–H and O–H groups in total. The minimum absolute atomic E-state index is 0.0777. The molecule has 0 bridgehead atoms. The third-order valence-corrected chi connectivity index (χ3v) is 8.36. The van der Waals surface area contributed by atoms with Crippen LogP contribution >= 0.6 is 22.9 Å². The highest BCUT2D eigenvalue weighted by Gasteiger charge is 2.38. The molecular formula is C18H21ClN6O2S2. The molecule has 0 saturated heterocycles. The van der Waals surface area contributed by atoms with Gasteiger partial charge in [-0.25, -0.2) is 9.20 Å². The summed E-state index contributed by atoms with van der Waals surface area (Å²) in [5, 5.41) is 16.4. The Bertz CT molecular complexity index is 1060. The highest BCUT2D eigenvalue weighted by atomic mass is 35.5. The van der Waals surface area contributed by atoms with Crippen molar-refractivity contribution in [2.45, 2.75) is 25.3 Å². The minimum atomic E-state index is -1.28. The van der Waals surface area contributed by atoms with Crippen molar-refractivity contribution in [3.05, 3.63) is 33.8 Å². The van der Waals surface area contributed by atoms with E-state index in [1.54, 1.807) is 13.1 Å². The van der Waals surface area contributed by atoms with Crippen LogP contribution < -0.4 is 5.73 Å². The molecule has 0 amide bonds. The normalized spacial score (nSPS) is 24.3. The smallest absolute Gasteiger partial charge is 0.237 e. The van der Waals surface area contributed by atoms with E-state index in [4.69, 9.17) is 32.9 Å². The molecule has 2 aromatic heterocycles. The van der Waals surface area contributed by atoms with Gasteiger partial charge in [-0.15, -0.1) is 11.3 Å². The molecule has 2 atom stereocenters. The SMILES string of the molecule is CN1C(N)=NC(C)(c2sc(-c3ccc(C(=N)OC(=N)C4CC4)[nH]3)cc2Cl)CS1=O. The second-order valence-corrected chi connectivity index (χ2v) is 10.3. The summed E-state index contributed by atoms with van der Waals surface area (Å²) in [6.45, 7) is 1.87. The number of nitrogens with two attached hydrogens (primary N) is 1. The fraction of sp³-hybridized carbons (Fsp3) is 0.389. The van der Waals surface area contributed by atoms with Gasteiger partial charge in [0, 0.05) is 13.0 Å². The second-order valence-electron chi connectivity index (χ2n) is 7.35. The van der Waals surface area contributed by atoms with Gasteiger partial charge in [-0.1, -0.05) is 11.6 Å². The van der Waals surface area contributed by atoms with E-state index in [0.717, 1.165) is 28.3 Å². The van der Waals surface area contributed by atoms with Gasteiger partial charge in [-0.2, -0.15) is 0 Å². The van der Waals surface area contributed by atoms with Crippen LogP contribution in [0.15, 0.2) is 23.2 Å². The number of nitrogens with one attached hydrogen (secondary N) is 3. The number of hydrogen-bond acceptors (Lipinski definition) is 7. The molecule has 154 valence electrons. The van der Waals surface area contributed by atoms with Crippen molar-refractivity contribution >= 4 is 51.7 Å². The van der Waals surface area contributed by atoms with Gasteiger partial charge in [0.25, 0.3) is 0 Å². The number of nitrogens with zero attached hydrogens (tertiary/aromatic N) is 2. The third-order valence-electron chi connectivity index (χ3n) is 4.93. The van der Waals surface area contributed by atoms with Crippen LogP contribution in [-0.4, -0.2) is 44.1 Å². The van der Waals surface area contributed by atoms with Crippen molar-refractivity contribution in [3.8, 4) is 10.6 Å². The van der Waals surface area contributed by atoms with Crippen LogP contribution in [0.5, 0.6) is 0 Å². The van der Waals surface area contributed by atoms with Crippen molar-refractivity contribution in [2.24, 2.45) is 16.6 Å². The van der Waals surface area contributed by atoms with Crippen LogP contribution in [0.1, 0.15) is 30.3 Å². The summed E-state index contributed by atoms with van der Waals surface area (Å²) in [4.78, 5) is 9.34. The van der Waals surface area contributed by atoms with Crippen molar-refractivity contribution in [3.63, 3.8) is 0 Å². The molecule has 1 saturated carbocycles. The highest BCUT2D eigenvalue weighted by Crippen LogP contribution is 2.43. The first-order chi connectivity index (χ1) is 13.7. The van der Waals surface area contributed by atoms with Gasteiger partial charge < -0.3 is 15.5 Å². The minimum Gasteiger partial charge on any atom is -0.423 e. The molecule has 3 heterocycles. The van der Waals surface area contributed by atoms with Gasteiger partial charge in [-0.05, 0) is 38.0 Å². The maximum absolute atomic E-state index is 12.4. The Morgan fingerprint density at radius 2 is 2.21 bits per heavy atom. The number of thiophene rings is 1. The number of rotatable bonds is 4. The van der Waals surface area contributed by atoms with Crippen LogP contribution in [0.2, 0.25) is 5.02 Å². The Morgan fingerprint density at radius 3 is 2.86 bits per heavy atom. The fourth-order valence-electron chi connectivity index (χ4n) is 3.05. The predicted octanol–water partition coefficient (Wildman–Crippen LogP) is 3.26. The first-order valence-electron chi connectivity index (χ1n) is 9.00. The van der Waals surface area contributed by atoms with E-state index in [1.165, 1.54) is 15.6 Å². The summed E-state index contributed by atoms with van der Waals surface area (Å²) < 4.78 is 19.2. The molecule has 0 spiro atoms. The maximum Gasteiger partial charge on any atom is 0.237 e. The van der Waals surface area contributed by atoms with E-state index >= 15 is 0 Å². The molecule has 1 aliphatic carbocycles. The number of guanidine groups is 1. The first kappa shape index (κ1) is 20.1. The number of aromatic amines is 1. The molecule has 1 aliphatic heterocycles. The molecule has 0 aromatic carbocycles. The number of halogens is 1. The summed E-state index contributed by atoms with van der Waals surface area (Å²) in [7, 11) is 0.367. The van der Waals surface area contributed by atoms with Crippen molar-refractivity contribution in [1.82, 2.24) is 9.29 Å². The van der Waals surface area contributed by atoms with Crippen molar-refractivity contribution in [2.75, 3.05) is 12.8 Å². The summed E-state index contributed by atoms with van der Waals surface area (Å²) in [6, 6.07) is 5.41. The van der Waals surface area contributed by atoms with E-state index in [2.05, 4.69) is 9.98 Å². The second kappa shape index (κ2) is 7.26. The average molecular weight is 453 g/mol. The number of ether oxygens (including phenoxy) is 1. The van der Waals surface area contributed by atoms with E-state index in [1.807, 2.05) is 19.1 Å². The number of aromatic nitrogens is 1. The van der Waals surface area contributed by atoms with Gasteiger partial charge in [0.2, 0.25) is 11.9 Å². The lowest BCUT2D eigenvalue weighted by atomic mass is 10.0. The summed E-state index contributed by atoms with van der Waals surface area (Å²) in [5.74, 6) is 0.727. The monoisotopic (exact) mass is 452 g/mol. The Balaban J connectivity index is 1.59. The quantitative estimate of drug-likeness (QED) is 0.419. The number of aliphatic imine (C=N–C) groups is 1. The zero-order chi connectivity index (χ0) is 20.9. The van der Waals surface area contributed by atoms with Crippen LogP contribution in [0, 0.1) is 16.7 Å². The van der Waals surface area contributed by atoms with Gasteiger partial charge >= 0.3 is 0 Å². The largest absolute Gasteiger partial charge is 0.423 e. The molecule has 2 aliphatic rings. The van der Waals surface area contributed by atoms with Crippen molar-refractivity contribution < 1.29 is 8.95 Å². The van der Waals surface area contributed by atoms with Crippen LogP contribution in [0.3, 0.4) is 0 Å². The Morgan fingerprint density at radius 1 is 1.48 bits per heavy atom. The van der Waals surface area contributed by atoms with E-state index in [0.29, 0.717) is 16.5 Å². The van der Waals surface area contributed by atoms with Gasteiger partial charge in [0.15, 0.2) is 5.90 Å². The van der Waals surface area contributed by atoms with Crippen LogP contribution in [0.25, 0.3) is 10.6 Å². The fourth-order valence-corrected chi connectivity index (χ4v) is 5.88. The lowest BCUT2D eigenvalue weighted by molar-refractivity contribution is 0.510. The third kappa shape index (κ3) is 3.84. The number of H-pyrrole nitrogens is 1. The zero-order valence-corrected chi connectivity index (χ0v) is 18.3. The molecule has 8 nitrogen and oxygen atoms in total. The van der Waals surface area contributed by atoms with E-state index in [-0.39, 0.29) is 23.7 Å². The summed E-state index contributed by atoms with van der Waals surface area (Å²) >= 11 is 7.95. The Hall–Kier alpha value is -2.17. The molecule has 2 aromatic rings. The zero-order valence-electron chi connectivity index (χ0n) is 15.9. The molecular weight excluding hydrogens is 432 g/mol. The first-order valence-corrected chi connectivity index (χ1v) is 11.5. The van der Waals surface area contributed by atoms with Crippen LogP contribution in [-0.2, 0) is 21.3 Å².